The van der Waals surface area contributed by atoms with Crippen molar-refractivity contribution in [1.29, 1.82) is 0 Å². The number of rotatable bonds is 4. The fourth-order valence-electron chi connectivity index (χ4n) is 3.21. The summed E-state index contributed by atoms with van der Waals surface area (Å²) in [5, 5.41) is 10.3. The van der Waals surface area contributed by atoms with Gasteiger partial charge in [0, 0.05) is 5.22 Å². The summed E-state index contributed by atoms with van der Waals surface area (Å²) in [4.78, 5) is 13.5. The van der Waals surface area contributed by atoms with Crippen molar-refractivity contribution in [2.24, 2.45) is 9.98 Å². The molecule has 0 unspecified atom stereocenters. The van der Waals surface area contributed by atoms with Crippen LogP contribution in [-0.4, -0.2) is 30.9 Å². The number of aliphatic imine (C=N–C) groups is 1. The standard InChI is InChI=1S/C19H14N4O4S/c24-11-12-6-7-16(27-12)18-21-15-10-20-19-14(17(15)22-18)8-9-23(19)28(25,26)13-4-2-1-3-5-13/h1-8,10,24H,9,11H2. The summed E-state index contributed by atoms with van der Waals surface area (Å²) < 4.78 is 32.7. The van der Waals surface area contributed by atoms with Crippen LogP contribution in [-0.2, 0) is 16.6 Å². The number of benzene rings is 1. The zero-order chi connectivity index (χ0) is 19.3. The molecule has 0 fully saturated rings. The molecule has 0 spiro atoms. The van der Waals surface area contributed by atoms with Gasteiger partial charge < -0.3 is 9.52 Å². The molecular formula is C19H14N4O4S. The van der Waals surface area contributed by atoms with E-state index in [0.29, 0.717) is 39.4 Å². The molecule has 28 heavy (non-hydrogen) atoms. The Morgan fingerprint density at radius 3 is 2.68 bits per heavy atom. The van der Waals surface area contributed by atoms with E-state index < -0.39 is 10.0 Å². The number of hydrogen-bond donors (Lipinski definition) is 1. The summed E-state index contributed by atoms with van der Waals surface area (Å²) in [7, 11) is -3.72. The molecule has 140 valence electrons. The van der Waals surface area contributed by atoms with Crippen LogP contribution in [0.25, 0.3) is 6.08 Å². The molecule has 0 saturated heterocycles. The van der Waals surface area contributed by atoms with Gasteiger partial charge in [0.2, 0.25) is 0 Å². The van der Waals surface area contributed by atoms with Crippen LogP contribution in [0.1, 0.15) is 11.5 Å². The summed E-state index contributed by atoms with van der Waals surface area (Å²) in [6, 6.07) is 11.6. The van der Waals surface area contributed by atoms with Gasteiger partial charge in [-0.2, -0.15) is 0 Å². The molecule has 0 bridgehead atoms. The van der Waals surface area contributed by atoms with Crippen LogP contribution in [0.5, 0.6) is 0 Å². The molecule has 2 aliphatic heterocycles. The number of amidine groups is 1. The summed E-state index contributed by atoms with van der Waals surface area (Å²) >= 11 is 0. The molecule has 0 amide bonds. The Morgan fingerprint density at radius 2 is 1.93 bits per heavy atom. The van der Waals surface area contributed by atoms with Crippen LogP contribution in [0, 0.1) is 0 Å². The molecule has 2 aliphatic rings. The molecule has 2 aromatic heterocycles. The maximum atomic E-state index is 13.0. The summed E-state index contributed by atoms with van der Waals surface area (Å²) in [5.41, 5.74) is 0.547. The van der Waals surface area contributed by atoms with Gasteiger partial charge >= 0.3 is 0 Å². The van der Waals surface area contributed by atoms with Gasteiger partial charge in [0.15, 0.2) is 17.4 Å². The fourth-order valence-corrected chi connectivity index (χ4v) is 4.61. The smallest absolute Gasteiger partial charge is 0.265 e. The van der Waals surface area contributed by atoms with E-state index in [0.717, 1.165) is 0 Å². The van der Waals surface area contributed by atoms with E-state index in [2.05, 4.69) is 15.0 Å². The molecule has 0 saturated carbocycles. The van der Waals surface area contributed by atoms with Crippen molar-refractivity contribution in [2.75, 3.05) is 10.8 Å². The van der Waals surface area contributed by atoms with Gasteiger partial charge in [-0.25, -0.2) is 27.7 Å². The van der Waals surface area contributed by atoms with Crippen molar-refractivity contribution in [3.8, 4) is 0 Å². The van der Waals surface area contributed by atoms with E-state index in [9.17, 15) is 8.42 Å². The molecule has 0 atom stereocenters. The first-order chi connectivity index (χ1) is 13.6. The lowest BCUT2D eigenvalue weighted by atomic mass is 10.3. The molecule has 1 aromatic carbocycles. The van der Waals surface area contributed by atoms with Crippen LogP contribution in [0.3, 0.4) is 0 Å². The van der Waals surface area contributed by atoms with Crippen molar-refractivity contribution in [3.05, 3.63) is 70.8 Å². The number of fused-ring (bicyclic) bond motifs is 3. The van der Waals surface area contributed by atoms with Gasteiger partial charge in [0.25, 0.3) is 10.0 Å². The molecule has 0 aliphatic carbocycles. The third-order valence-electron chi connectivity index (χ3n) is 4.56. The maximum Gasteiger partial charge on any atom is 0.265 e. The molecule has 0 radical (unpaired) electrons. The third-order valence-corrected chi connectivity index (χ3v) is 6.33. The van der Waals surface area contributed by atoms with E-state index in [-0.39, 0.29) is 18.0 Å². The number of pyridine rings is 1. The Hall–Kier alpha value is -3.30. The minimum Gasteiger partial charge on any atom is -0.455 e. The Kier molecular flexibility index (Phi) is 3.68. The first-order valence-electron chi connectivity index (χ1n) is 8.52. The predicted molar refractivity (Wildman–Crippen MR) is 101 cm³/mol. The summed E-state index contributed by atoms with van der Waals surface area (Å²) in [6.07, 6.45) is 3.29. The van der Waals surface area contributed by atoms with Gasteiger partial charge in [-0.1, -0.05) is 24.3 Å². The Morgan fingerprint density at radius 1 is 1.11 bits per heavy atom. The highest BCUT2D eigenvalue weighted by atomic mass is 32.2. The van der Waals surface area contributed by atoms with E-state index >= 15 is 0 Å². The second-order valence-corrected chi connectivity index (χ2v) is 8.12. The average Bonchev–Trinajstić information content (AvgIpc) is 3.44. The highest BCUT2D eigenvalue weighted by Gasteiger charge is 2.30. The Balaban J connectivity index is 1.58. The Bertz CT molecular complexity index is 1340. The van der Waals surface area contributed by atoms with Gasteiger partial charge in [-0.3, -0.25) is 0 Å². The van der Waals surface area contributed by atoms with Crippen LogP contribution in [0.15, 0.2) is 68.0 Å². The van der Waals surface area contributed by atoms with Crippen LogP contribution < -0.4 is 14.9 Å². The Labute approximate surface area is 159 Å². The average molecular weight is 394 g/mol. The van der Waals surface area contributed by atoms with Crippen LogP contribution in [0.2, 0.25) is 0 Å². The molecule has 8 nitrogen and oxygen atoms in total. The van der Waals surface area contributed by atoms with Crippen LogP contribution >= 0.6 is 0 Å². The zero-order valence-electron chi connectivity index (χ0n) is 14.5. The van der Waals surface area contributed by atoms with Crippen molar-refractivity contribution in [1.82, 2.24) is 4.98 Å². The first-order valence-corrected chi connectivity index (χ1v) is 9.96. The molecule has 1 N–H and O–H groups in total. The second kappa shape index (κ2) is 6.11. The molecule has 5 rings (SSSR count). The van der Waals surface area contributed by atoms with Crippen LogP contribution in [0.4, 0.5) is 11.5 Å². The van der Waals surface area contributed by atoms with Crippen molar-refractivity contribution < 1.29 is 17.9 Å². The van der Waals surface area contributed by atoms with Crippen molar-refractivity contribution >= 4 is 33.4 Å². The van der Waals surface area contributed by atoms with Gasteiger partial charge in [0.1, 0.15) is 23.4 Å². The number of hydrogen-bond acceptors (Lipinski definition) is 7. The minimum absolute atomic E-state index is 0.177. The largest absolute Gasteiger partial charge is 0.455 e. The molecular weight excluding hydrogens is 380 g/mol. The summed E-state index contributed by atoms with van der Waals surface area (Å²) in [5.74, 6) is 1.54. The maximum absolute atomic E-state index is 13.0. The number of aliphatic hydroxyl groups excluding tert-OH is 1. The number of sulfonamides is 1. The van der Waals surface area contributed by atoms with Crippen molar-refractivity contribution in [2.45, 2.75) is 11.5 Å². The van der Waals surface area contributed by atoms with Crippen molar-refractivity contribution in [3.63, 3.8) is 0 Å². The van der Waals surface area contributed by atoms with Gasteiger partial charge in [-0.15, -0.1) is 0 Å². The normalized spacial score (nSPS) is 14.9. The SMILES string of the molecule is O=S(=O)(c1ccccc1)N1CC=c2c1ncc1c2=NC(c2ccc(CO)o2)=N1. The zero-order valence-corrected chi connectivity index (χ0v) is 15.3. The number of anilines is 1. The van der Waals surface area contributed by atoms with E-state index in [1.54, 1.807) is 48.5 Å². The lowest BCUT2D eigenvalue weighted by Crippen LogP contribution is -2.33. The third kappa shape index (κ3) is 2.48. The monoisotopic (exact) mass is 394 g/mol. The van der Waals surface area contributed by atoms with E-state index in [4.69, 9.17) is 9.52 Å². The lowest BCUT2D eigenvalue weighted by molar-refractivity contribution is 0.246. The highest BCUT2D eigenvalue weighted by molar-refractivity contribution is 7.92. The second-order valence-electron chi connectivity index (χ2n) is 6.25. The van der Waals surface area contributed by atoms with E-state index in [1.165, 1.54) is 10.5 Å². The van der Waals surface area contributed by atoms with E-state index in [1.807, 2.05) is 0 Å². The number of aromatic nitrogens is 1. The first kappa shape index (κ1) is 16.8. The molecule has 9 heteroatoms. The van der Waals surface area contributed by atoms with Gasteiger partial charge in [-0.05, 0) is 24.3 Å². The summed E-state index contributed by atoms with van der Waals surface area (Å²) in [6.45, 7) is -0.0342. The minimum atomic E-state index is -3.72. The number of nitrogens with zero attached hydrogens (tertiary/aromatic N) is 4. The highest BCUT2D eigenvalue weighted by Crippen LogP contribution is 2.23. The fraction of sp³-hybridized carbons (Fsp3) is 0.105. The number of aliphatic hydroxyl groups is 1. The number of furan rings is 1. The predicted octanol–water partition coefficient (Wildman–Crippen LogP) is 0.868. The quantitative estimate of drug-likeness (QED) is 0.706. The molecule has 3 aromatic rings. The topological polar surface area (TPSA) is 108 Å². The van der Waals surface area contributed by atoms with Gasteiger partial charge in [0.05, 0.1) is 17.6 Å². The molecule has 4 heterocycles. The lowest BCUT2D eigenvalue weighted by Gasteiger charge is -2.18.